The molecule has 0 saturated heterocycles. The van der Waals surface area contributed by atoms with Crippen molar-refractivity contribution in [1.82, 2.24) is 20.6 Å². The molecule has 5 aromatic carbocycles. The number of rotatable bonds is 11. The van der Waals surface area contributed by atoms with Crippen LogP contribution >= 0.6 is 11.6 Å². The predicted molar refractivity (Wildman–Crippen MR) is 335 cm³/mol. The number of carboxylic acids is 3. The van der Waals surface area contributed by atoms with Gasteiger partial charge in [-0.1, -0.05) is 59.2 Å². The van der Waals surface area contributed by atoms with Crippen LogP contribution in [-0.2, 0) is 9.47 Å². The Labute approximate surface area is 529 Å². The Hall–Kier alpha value is -9.39. The molecular weight excluding hydrogens is 1210 g/mol. The molecule has 7 N–H and O–H groups in total. The van der Waals surface area contributed by atoms with Crippen LogP contribution < -0.4 is 16.1 Å². The van der Waals surface area contributed by atoms with Gasteiger partial charge in [-0.2, -0.15) is 0 Å². The number of esters is 2. The Morgan fingerprint density at radius 1 is 0.462 bits per heavy atom. The highest BCUT2D eigenvalue weighted by Gasteiger charge is 2.21. The number of carboxylic acid groups (broad SMARTS) is 3. The van der Waals surface area contributed by atoms with Crippen molar-refractivity contribution in [2.75, 3.05) is 27.3 Å². The Morgan fingerprint density at radius 2 is 0.835 bits per heavy atom. The van der Waals surface area contributed by atoms with E-state index in [2.05, 4.69) is 50.8 Å². The summed E-state index contributed by atoms with van der Waals surface area (Å²) >= 11 is 5.62. The van der Waals surface area contributed by atoms with Gasteiger partial charge in [0.25, 0.3) is 11.8 Å². The van der Waals surface area contributed by atoms with E-state index in [0.717, 1.165) is 36.9 Å². The van der Waals surface area contributed by atoms with Crippen LogP contribution in [0.15, 0.2) is 103 Å². The third-order valence-electron chi connectivity index (χ3n) is 12.8. The lowest BCUT2D eigenvalue weighted by Crippen LogP contribution is -2.33. The molecule has 18 nitrogen and oxygen atoms in total. The molecule has 0 aliphatic carbocycles. The average molecular weight is 1290 g/mol. The molecule has 0 saturated carbocycles. The summed E-state index contributed by atoms with van der Waals surface area (Å²) < 4.78 is 74.8. The number of hydrogen-bond donors (Lipinski definition) is 7. The number of aryl methyl sites for hydroxylation is 3. The van der Waals surface area contributed by atoms with Crippen LogP contribution in [0.4, 0.5) is 22.0 Å². The zero-order valence-corrected chi connectivity index (χ0v) is 53.6. The van der Waals surface area contributed by atoms with E-state index in [1.807, 2.05) is 20.8 Å². The first-order valence-corrected chi connectivity index (χ1v) is 27.8. The maximum Gasteiger partial charge on any atom is 0.488 e. The van der Waals surface area contributed by atoms with Gasteiger partial charge < -0.3 is 45.5 Å². The third-order valence-corrected chi connectivity index (χ3v) is 13.0. The minimum absolute atomic E-state index is 0.00407. The molecule has 0 fully saturated rings. The van der Waals surface area contributed by atoms with Gasteiger partial charge in [0.2, 0.25) is 0 Å². The molecule has 0 aliphatic rings. The number of nitrogens with one attached hydrogen (secondary N) is 2. The number of nitrogens with zero attached hydrogens (tertiary/aromatic N) is 2. The molecular formula is C66H73BClF5N4O14. The fourth-order valence-corrected chi connectivity index (χ4v) is 7.19. The van der Waals surface area contributed by atoms with Crippen LogP contribution in [0.3, 0.4) is 0 Å². The van der Waals surface area contributed by atoms with Crippen molar-refractivity contribution in [3.63, 3.8) is 0 Å². The number of benzene rings is 5. The van der Waals surface area contributed by atoms with Crippen molar-refractivity contribution in [3.8, 4) is 11.3 Å². The molecule has 2 amide bonds. The summed E-state index contributed by atoms with van der Waals surface area (Å²) in [6, 6.07) is 20.1. The molecule has 0 bridgehead atoms. The van der Waals surface area contributed by atoms with Crippen LogP contribution in [0.5, 0.6) is 0 Å². The van der Waals surface area contributed by atoms with Crippen molar-refractivity contribution < 1.29 is 90.4 Å². The Bertz CT molecular complexity index is 3700. The average Bonchev–Trinajstić information content (AvgIpc) is 1.06. The number of pyridine rings is 2. The van der Waals surface area contributed by atoms with Crippen LogP contribution in [0.1, 0.15) is 153 Å². The van der Waals surface area contributed by atoms with Gasteiger partial charge in [-0.15, -0.1) is 0 Å². The summed E-state index contributed by atoms with van der Waals surface area (Å²) in [5.41, 5.74) is 5.08. The summed E-state index contributed by atoms with van der Waals surface area (Å²) in [6.45, 7) is 24.7. The maximum absolute atomic E-state index is 14.0. The van der Waals surface area contributed by atoms with Gasteiger partial charge in [0.1, 0.15) is 34.2 Å². The Kier molecular flexibility index (Phi) is 30.0. The zero-order chi connectivity index (χ0) is 69.6. The molecule has 0 unspecified atom stereocenters. The fourth-order valence-electron chi connectivity index (χ4n) is 7.08. The van der Waals surface area contributed by atoms with Gasteiger partial charge >= 0.3 is 37.0 Å². The van der Waals surface area contributed by atoms with Crippen molar-refractivity contribution >= 4 is 65.8 Å². The molecule has 7 aromatic rings. The number of halogens is 6. The second-order valence-corrected chi connectivity index (χ2v) is 23.0. The maximum atomic E-state index is 14.0. The lowest BCUT2D eigenvalue weighted by molar-refractivity contribution is 0.0591. The zero-order valence-electron chi connectivity index (χ0n) is 52.9. The van der Waals surface area contributed by atoms with Gasteiger partial charge in [-0.05, 0) is 189 Å². The number of aromatic carboxylic acids is 3. The molecule has 0 atom stereocenters. The van der Waals surface area contributed by atoms with E-state index in [-0.39, 0.29) is 67.3 Å². The van der Waals surface area contributed by atoms with Crippen molar-refractivity contribution in [3.05, 3.63) is 216 Å². The molecule has 0 radical (unpaired) electrons. The number of ether oxygens (including phenoxy) is 2. The van der Waals surface area contributed by atoms with Crippen LogP contribution in [0.2, 0.25) is 5.15 Å². The first-order chi connectivity index (χ1) is 42.1. The number of aromatic nitrogens is 2. The molecule has 486 valence electrons. The lowest BCUT2D eigenvalue weighted by atomic mass is 9.76. The number of hydrogen-bond acceptors (Lipinski definition) is 13. The highest BCUT2D eigenvalue weighted by molar-refractivity contribution is 6.59. The minimum atomic E-state index is -1.82. The van der Waals surface area contributed by atoms with E-state index in [9.17, 15) is 55.5 Å². The van der Waals surface area contributed by atoms with Gasteiger partial charge in [0.15, 0.2) is 0 Å². The second kappa shape index (κ2) is 35.1. The first kappa shape index (κ1) is 77.7. The first-order valence-electron chi connectivity index (χ1n) is 27.4. The normalized spacial score (nSPS) is 10.5. The fraction of sp³-hybridized carbons (Fsp3) is 0.288. The second-order valence-electron chi connectivity index (χ2n) is 22.6. The predicted octanol–water partition coefficient (Wildman–Crippen LogP) is 12.0. The van der Waals surface area contributed by atoms with Gasteiger partial charge in [-0.3, -0.25) is 14.6 Å². The van der Waals surface area contributed by atoms with E-state index in [1.165, 1.54) is 62.8 Å². The number of methoxy groups -OCH3 is 2. The molecule has 2 heterocycles. The SMILES string of the molecule is CC(C)(C)CNC(=O)c1ccc(Cl)nc1.COC(=O)c1cc(C)c(C)c(F)c1.COC(=O)c1cc(F)c(C)c(B(O)O)c1.Cc1c(F)cc(C(=O)O)cc1-c1ccc(C(=O)NCC(C)(C)C)cn1.Cc1cc(C(=O)O)cc(F)c1C.Cc1ccc(C(=O)O)cc1F. The summed E-state index contributed by atoms with van der Waals surface area (Å²) in [5, 5.41) is 50.0. The standard InChI is InChI=1S/C19H21FN2O3.C11H15ClN2O.C10H11FO2.C9H10BFO4.C9H9FO2.C8H7FO2/c1-11-14(7-13(18(24)25)8-15(11)20)16-6-5-12(9-21-16)17(23)22-10-19(2,3)4;1-11(2,3)7-14-10(15)8-4-5-9(12)13-6-8;1-6-4-8(10(12)13-3)5-9(11)7(6)2;1-5-7(10(13)14)3-6(4-8(5)11)9(12)15-2;1-5-3-7(9(11)12)4-8(10)6(5)2;1-5-2-3-6(8(10)11)4-7(5)9/h5-9H,10H2,1-4H3,(H,22,23)(H,24,25);4-6H,7H2,1-3H3,(H,14,15);4-5H,1-3H3;3-4,13-14H,1-2H3;3-4H,1-2H3,(H,11,12);2-4H,1H3,(H,10,11). The molecule has 0 spiro atoms. The van der Waals surface area contributed by atoms with Gasteiger partial charge in [0, 0.05) is 31.0 Å². The molecule has 7 rings (SSSR count). The van der Waals surface area contributed by atoms with E-state index < -0.39 is 60.2 Å². The monoisotopic (exact) mass is 1290 g/mol. The lowest BCUT2D eigenvalue weighted by Gasteiger charge is -2.18. The molecule has 0 aliphatic heterocycles. The molecule has 2 aromatic heterocycles. The van der Waals surface area contributed by atoms with E-state index in [1.54, 1.807) is 71.9 Å². The quantitative estimate of drug-likeness (QED) is 0.0274. The van der Waals surface area contributed by atoms with Crippen molar-refractivity contribution in [1.29, 1.82) is 0 Å². The summed E-state index contributed by atoms with van der Waals surface area (Å²) in [7, 11) is 0.619. The van der Waals surface area contributed by atoms with Crippen LogP contribution in [0.25, 0.3) is 11.3 Å². The number of carbonyl (C=O) groups is 7. The summed E-state index contributed by atoms with van der Waals surface area (Å²) in [5.74, 6) is -7.62. The van der Waals surface area contributed by atoms with Crippen molar-refractivity contribution in [2.24, 2.45) is 10.8 Å². The number of carbonyl (C=O) groups excluding carboxylic acids is 4. The molecule has 25 heteroatoms. The highest BCUT2D eigenvalue weighted by atomic mass is 35.5. The van der Waals surface area contributed by atoms with E-state index in [0.29, 0.717) is 68.4 Å². The van der Waals surface area contributed by atoms with E-state index >= 15 is 0 Å². The number of amides is 2. The van der Waals surface area contributed by atoms with Crippen molar-refractivity contribution in [2.45, 2.75) is 90.0 Å². The summed E-state index contributed by atoms with van der Waals surface area (Å²) in [4.78, 5) is 85.8. The van der Waals surface area contributed by atoms with Crippen LogP contribution in [0, 0.1) is 88.4 Å². The third kappa shape index (κ3) is 25.6. The van der Waals surface area contributed by atoms with Crippen LogP contribution in [-0.4, -0.2) is 111 Å². The van der Waals surface area contributed by atoms with Gasteiger partial charge in [-0.25, -0.2) is 50.9 Å². The largest absolute Gasteiger partial charge is 0.488 e. The Morgan fingerprint density at radius 3 is 1.21 bits per heavy atom. The minimum Gasteiger partial charge on any atom is -0.478 e. The topological polar surface area (TPSA) is 289 Å². The Balaban J connectivity index is 0.000000382. The highest BCUT2D eigenvalue weighted by Crippen LogP contribution is 2.26. The smallest absolute Gasteiger partial charge is 0.478 e. The van der Waals surface area contributed by atoms with E-state index in [4.69, 9.17) is 37.0 Å². The summed E-state index contributed by atoms with van der Waals surface area (Å²) in [6.07, 6.45) is 2.87. The molecule has 91 heavy (non-hydrogen) atoms. The van der Waals surface area contributed by atoms with Gasteiger partial charge in [0.05, 0.1) is 58.9 Å².